The Bertz CT molecular complexity index is 1980. The lowest BCUT2D eigenvalue weighted by molar-refractivity contribution is 0.107. The molecule has 5 aromatic rings. The molecule has 238 valence electrons. The smallest absolute Gasteiger partial charge is 0.319 e. The fourth-order valence-electron chi connectivity index (χ4n) is 8.18. The number of fused-ring (bicyclic) bond motifs is 5. The van der Waals surface area contributed by atoms with Crippen LogP contribution in [-0.4, -0.2) is 89.5 Å². The molecule has 0 spiro atoms. The van der Waals surface area contributed by atoms with Crippen molar-refractivity contribution < 1.29 is 13.5 Å². The zero-order valence-corrected chi connectivity index (χ0v) is 26.0. The number of alkyl halides is 1. The van der Waals surface area contributed by atoms with Crippen molar-refractivity contribution in [3.63, 3.8) is 0 Å². The fourth-order valence-corrected chi connectivity index (χ4v) is 8.48. The SMILES string of the molecule is Fc1c2ncc3c(nc(OC[C@@]45CCCN4C[C@H](F)C5)nc13)N1CCC[C@H](C1)c1cnn(n1)CCCc1c(Cl)cc3[nH]ncc3c1-2. The summed E-state index contributed by atoms with van der Waals surface area (Å²) in [5.41, 5.74) is 2.85. The maximum Gasteiger partial charge on any atom is 0.319 e. The van der Waals surface area contributed by atoms with Gasteiger partial charge in [0.2, 0.25) is 0 Å². The second-order valence-electron chi connectivity index (χ2n) is 13.2. The van der Waals surface area contributed by atoms with Gasteiger partial charge in [-0.15, -0.1) is 0 Å². The third kappa shape index (κ3) is 4.53. The van der Waals surface area contributed by atoms with Gasteiger partial charge in [-0.3, -0.25) is 15.0 Å². The Balaban J connectivity index is 1.23. The zero-order chi connectivity index (χ0) is 31.0. The summed E-state index contributed by atoms with van der Waals surface area (Å²) in [6.45, 7) is 3.48. The van der Waals surface area contributed by atoms with Gasteiger partial charge >= 0.3 is 6.01 Å². The molecule has 0 saturated carbocycles. The van der Waals surface area contributed by atoms with E-state index in [1.807, 2.05) is 12.3 Å². The Hall–Kier alpha value is -3.97. The van der Waals surface area contributed by atoms with E-state index in [0.717, 1.165) is 55.4 Å². The molecule has 0 aliphatic carbocycles. The number of aromatic amines is 1. The lowest BCUT2D eigenvalue weighted by Gasteiger charge is -2.34. The first-order valence-electron chi connectivity index (χ1n) is 16.1. The lowest BCUT2D eigenvalue weighted by atomic mass is 9.94. The van der Waals surface area contributed by atoms with Crippen molar-refractivity contribution in [2.45, 2.75) is 69.1 Å². The van der Waals surface area contributed by atoms with Crippen LogP contribution in [0.2, 0.25) is 5.02 Å². The van der Waals surface area contributed by atoms with E-state index in [1.165, 1.54) is 0 Å². The number of pyridine rings is 1. The summed E-state index contributed by atoms with van der Waals surface area (Å²) < 4.78 is 37.9. The van der Waals surface area contributed by atoms with Crippen molar-refractivity contribution in [1.29, 1.82) is 0 Å². The van der Waals surface area contributed by atoms with Crippen LogP contribution in [0.4, 0.5) is 14.6 Å². The van der Waals surface area contributed by atoms with Crippen LogP contribution in [0, 0.1) is 5.82 Å². The number of ether oxygens (including phenoxy) is 1. The quantitative estimate of drug-likeness (QED) is 0.281. The second kappa shape index (κ2) is 10.8. The molecule has 9 heterocycles. The number of H-pyrrole nitrogens is 1. The maximum absolute atomic E-state index is 17.0. The molecule has 1 aromatic carbocycles. The first kappa shape index (κ1) is 28.3. The largest absolute Gasteiger partial charge is 0.461 e. The number of aryl methyl sites for hydroxylation is 1. The van der Waals surface area contributed by atoms with Gasteiger partial charge in [-0.1, -0.05) is 11.6 Å². The second-order valence-corrected chi connectivity index (χ2v) is 13.6. The van der Waals surface area contributed by atoms with Gasteiger partial charge in [0.25, 0.3) is 0 Å². The molecule has 3 saturated heterocycles. The van der Waals surface area contributed by atoms with Crippen molar-refractivity contribution in [2.24, 2.45) is 0 Å². The molecular formula is C32H33ClF2N10O. The molecule has 5 aliphatic heterocycles. The number of rotatable bonds is 3. The predicted octanol–water partition coefficient (Wildman–Crippen LogP) is 5.24. The van der Waals surface area contributed by atoms with E-state index in [9.17, 15) is 4.39 Å². The summed E-state index contributed by atoms with van der Waals surface area (Å²) in [6.07, 6.45) is 9.70. The molecule has 4 aromatic heterocycles. The van der Waals surface area contributed by atoms with E-state index in [-0.39, 0.29) is 29.7 Å². The molecule has 8 bridgehead atoms. The fraction of sp³-hybridized carbons (Fsp3) is 0.500. The van der Waals surface area contributed by atoms with Crippen LogP contribution in [-0.2, 0) is 13.0 Å². The third-order valence-corrected chi connectivity index (χ3v) is 10.7. The van der Waals surface area contributed by atoms with E-state index in [0.29, 0.717) is 66.2 Å². The van der Waals surface area contributed by atoms with Crippen molar-refractivity contribution in [2.75, 3.05) is 37.7 Å². The number of aromatic nitrogens is 8. The average molecular weight is 647 g/mol. The van der Waals surface area contributed by atoms with Gasteiger partial charge in [0.05, 0.1) is 41.1 Å². The Morgan fingerprint density at radius 2 is 2.00 bits per heavy atom. The molecular weight excluding hydrogens is 614 g/mol. The van der Waals surface area contributed by atoms with Crippen molar-refractivity contribution in [1.82, 2.24) is 45.0 Å². The van der Waals surface area contributed by atoms with Crippen LogP contribution in [0.5, 0.6) is 6.01 Å². The van der Waals surface area contributed by atoms with E-state index < -0.39 is 17.5 Å². The standard InChI is InChI=1S/C32H33ClF2N10O/c33-23-10-24-21(13-37-41-24)26-20(23)5-2-9-45-38-14-25(42-45)18-4-1-7-43(15-18)30-22-12-36-29(26)27(35)28(22)39-31(40-30)46-17-32-6-3-8-44(32)16-19(34)11-32/h10,12-14,18-19H,1-9,11,15-17H2,(H,37,41)/t18-,19-,32+/m1/s1. The van der Waals surface area contributed by atoms with Gasteiger partial charge in [-0.05, 0) is 56.7 Å². The van der Waals surface area contributed by atoms with Crippen molar-refractivity contribution >= 4 is 39.2 Å². The Kier molecular flexibility index (Phi) is 6.64. The van der Waals surface area contributed by atoms with Crippen LogP contribution in [0.1, 0.15) is 55.7 Å². The average Bonchev–Trinajstić information content (AvgIpc) is 3.85. The molecule has 3 fully saturated rings. The summed E-state index contributed by atoms with van der Waals surface area (Å²) in [7, 11) is 0. The number of halogens is 3. The first-order chi connectivity index (χ1) is 22.5. The summed E-state index contributed by atoms with van der Waals surface area (Å²) in [6, 6.07) is 1.90. The molecule has 0 radical (unpaired) electrons. The van der Waals surface area contributed by atoms with Gasteiger partial charge in [0.15, 0.2) is 5.82 Å². The van der Waals surface area contributed by atoms with Gasteiger partial charge in [-0.2, -0.15) is 30.1 Å². The summed E-state index contributed by atoms with van der Waals surface area (Å²) in [4.78, 5) is 20.4. The number of nitrogens with zero attached hydrogens (tertiary/aromatic N) is 9. The van der Waals surface area contributed by atoms with E-state index in [1.54, 1.807) is 17.2 Å². The minimum atomic E-state index is -0.884. The van der Waals surface area contributed by atoms with Crippen LogP contribution in [0.3, 0.4) is 0 Å². The van der Waals surface area contributed by atoms with Gasteiger partial charge in [0, 0.05) is 54.1 Å². The molecule has 0 amide bonds. The molecule has 3 atom stereocenters. The molecule has 1 N–H and O–H groups in total. The number of anilines is 1. The zero-order valence-electron chi connectivity index (χ0n) is 25.2. The number of piperidine rings is 1. The maximum atomic E-state index is 17.0. The van der Waals surface area contributed by atoms with Gasteiger partial charge in [0.1, 0.15) is 29.8 Å². The highest BCUT2D eigenvalue weighted by Crippen LogP contribution is 2.42. The number of nitrogens with one attached hydrogen (secondary N) is 1. The monoisotopic (exact) mass is 646 g/mol. The highest BCUT2D eigenvalue weighted by molar-refractivity contribution is 6.33. The predicted molar refractivity (Wildman–Crippen MR) is 168 cm³/mol. The van der Waals surface area contributed by atoms with Gasteiger partial charge < -0.3 is 9.64 Å². The van der Waals surface area contributed by atoms with Crippen molar-refractivity contribution in [3.05, 3.63) is 46.8 Å². The topological polar surface area (TPSA) is 114 Å². The molecule has 11 nitrogen and oxygen atoms in total. The lowest BCUT2D eigenvalue weighted by Crippen LogP contribution is -2.43. The van der Waals surface area contributed by atoms with E-state index >= 15 is 4.39 Å². The number of hydrogen-bond acceptors (Lipinski definition) is 9. The highest BCUT2D eigenvalue weighted by atomic mass is 35.5. The molecule has 10 rings (SSSR count). The van der Waals surface area contributed by atoms with Gasteiger partial charge in [-0.25, -0.2) is 8.78 Å². The number of benzene rings is 1. The van der Waals surface area contributed by atoms with Crippen molar-refractivity contribution in [3.8, 4) is 17.3 Å². The number of hydrogen-bond donors (Lipinski definition) is 1. The summed E-state index contributed by atoms with van der Waals surface area (Å²) >= 11 is 6.86. The summed E-state index contributed by atoms with van der Waals surface area (Å²) in [5, 5.41) is 18.3. The minimum Gasteiger partial charge on any atom is -0.461 e. The molecule has 46 heavy (non-hydrogen) atoms. The Morgan fingerprint density at radius 1 is 1.07 bits per heavy atom. The normalized spacial score (nSPS) is 24.7. The molecule has 14 heteroatoms. The summed E-state index contributed by atoms with van der Waals surface area (Å²) in [5.74, 6) is 0.134. The first-order valence-corrected chi connectivity index (χ1v) is 16.5. The van der Waals surface area contributed by atoms with Crippen LogP contribution in [0.15, 0.2) is 24.7 Å². The Morgan fingerprint density at radius 3 is 2.93 bits per heavy atom. The van der Waals surface area contributed by atoms with E-state index in [2.05, 4.69) is 30.1 Å². The van der Waals surface area contributed by atoms with Crippen LogP contribution >= 0.6 is 11.6 Å². The van der Waals surface area contributed by atoms with Crippen LogP contribution < -0.4 is 9.64 Å². The molecule has 0 unspecified atom stereocenters. The highest BCUT2D eigenvalue weighted by Gasteiger charge is 2.49. The Labute approximate surface area is 268 Å². The third-order valence-electron chi connectivity index (χ3n) is 10.4. The minimum absolute atomic E-state index is 0.0797. The van der Waals surface area contributed by atoms with E-state index in [4.69, 9.17) is 31.4 Å². The molecule has 5 aliphatic rings. The van der Waals surface area contributed by atoms with Crippen LogP contribution in [0.25, 0.3) is 33.1 Å².